The van der Waals surface area contributed by atoms with Crippen LogP contribution in [0, 0.1) is 0 Å². The lowest BCUT2D eigenvalue weighted by Gasteiger charge is -1.99. The van der Waals surface area contributed by atoms with E-state index in [-0.39, 0.29) is 5.91 Å². The molecule has 0 heterocycles. The van der Waals surface area contributed by atoms with E-state index in [1.165, 1.54) is 0 Å². The van der Waals surface area contributed by atoms with Crippen molar-refractivity contribution in [1.82, 2.24) is 0 Å². The molecule has 0 aliphatic heterocycles. The highest BCUT2D eigenvalue weighted by molar-refractivity contribution is 9.09. The number of hydrogen-bond acceptors (Lipinski definition) is 1. The molecule has 0 bridgehead atoms. The van der Waals surface area contributed by atoms with Crippen LogP contribution in [-0.2, 0) is 6.42 Å². The van der Waals surface area contributed by atoms with Gasteiger partial charge in [-0.2, -0.15) is 0 Å². The van der Waals surface area contributed by atoms with Crippen LogP contribution >= 0.6 is 15.9 Å². The number of nitrogens with two attached hydrogens (primary N) is 1. The molecule has 0 aliphatic rings. The Balaban J connectivity index is 2.88. The summed E-state index contributed by atoms with van der Waals surface area (Å²) in [6.07, 6.45) is 0.918. The average Bonchev–Trinajstić information content (AvgIpc) is 2.05. The summed E-state index contributed by atoms with van der Waals surface area (Å²) < 4.78 is 0. The topological polar surface area (TPSA) is 43.1 Å². The molecule has 0 fully saturated rings. The maximum Gasteiger partial charge on any atom is 0.248 e. The molecule has 12 heavy (non-hydrogen) atoms. The quantitative estimate of drug-likeness (QED) is 0.786. The minimum atomic E-state index is -0.369. The van der Waals surface area contributed by atoms with Gasteiger partial charge in [-0.1, -0.05) is 28.1 Å². The number of carbonyl (C=O) groups is 1. The second-order valence-electron chi connectivity index (χ2n) is 2.50. The molecular formula is C9H10BrNO. The number of hydrogen-bond donors (Lipinski definition) is 1. The van der Waals surface area contributed by atoms with Crippen LogP contribution in [0.25, 0.3) is 0 Å². The Morgan fingerprint density at radius 3 is 2.83 bits per heavy atom. The van der Waals surface area contributed by atoms with Gasteiger partial charge in [0.15, 0.2) is 0 Å². The molecule has 0 unspecified atom stereocenters. The van der Waals surface area contributed by atoms with Gasteiger partial charge in [-0.05, 0) is 24.1 Å². The van der Waals surface area contributed by atoms with Crippen molar-refractivity contribution in [1.29, 1.82) is 0 Å². The second-order valence-corrected chi connectivity index (χ2v) is 3.30. The predicted octanol–water partition coefficient (Wildman–Crippen LogP) is 1.72. The van der Waals surface area contributed by atoms with E-state index < -0.39 is 0 Å². The second kappa shape index (κ2) is 4.26. The Labute approximate surface area is 79.9 Å². The lowest BCUT2D eigenvalue weighted by atomic mass is 10.1. The van der Waals surface area contributed by atoms with Gasteiger partial charge in [-0.15, -0.1) is 0 Å². The predicted molar refractivity (Wildman–Crippen MR) is 52.5 cm³/mol. The zero-order valence-corrected chi connectivity index (χ0v) is 8.17. The number of alkyl halides is 1. The van der Waals surface area contributed by atoms with Crippen molar-refractivity contribution in [3.63, 3.8) is 0 Å². The van der Waals surface area contributed by atoms with Crippen molar-refractivity contribution in [2.75, 3.05) is 5.33 Å². The number of benzene rings is 1. The summed E-state index contributed by atoms with van der Waals surface area (Å²) >= 11 is 3.33. The minimum absolute atomic E-state index is 0.369. The number of primary amides is 1. The molecule has 0 aliphatic carbocycles. The van der Waals surface area contributed by atoms with Gasteiger partial charge in [0.25, 0.3) is 0 Å². The Hall–Kier alpha value is -0.830. The van der Waals surface area contributed by atoms with Gasteiger partial charge in [-0.3, -0.25) is 4.79 Å². The summed E-state index contributed by atoms with van der Waals surface area (Å²) in [4.78, 5) is 10.8. The van der Waals surface area contributed by atoms with Crippen molar-refractivity contribution >= 4 is 21.8 Å². The summed E-state index contributed by atoms with van der Waals surface area (Å²) in [5.41, 5.74) is 6.83. The number of rotatable bonds is 3. The van der Waals surface area contributed by atoms with E-state index in [0.717, 1.165) is 17.3 Å². The molecule has 0 radical (unpaired) electrons. The third-order valence-electron chi connectivity index (χ3n) is 1.59. The first-order chi connectivity index (χ1) is 5.74. The molecule has 64 valence electrons. The first-order valence-electron chi connectivity index (χ1n) is 3.68. The lowest BCUT2D eigenvalue weighted by Crippen LogP contribution is -2.10. The zero-order chi connectivity index (χ0) is 8.97. The molecule has 0 aromatic heterocycles. The van der Waals surface area contributed by atoms with Gasteiger partial charge >= 0.3 is 0 Å². The van der Waals surface area contributed by atoms with Crippen molar-refractivity contribution < 1.29 is 4.79 Å². The maximum absolute atomic E-state index is 10.8. The molecule has 1 amide bonds. The number of halogens is 1. The van der Waals surface area contributed by atoms with E-state index in [9.17, 15) is 4.79 Å². The van der Waals surface area contributed by atoms with Crippen molar-refractivity contribution in [3.05, 3.63) is 35.4 Å². The third kappa shape index (κ3) is 2.34. The van der Waals surface area contributed by atoms with Crippen LogP contribution in [-0.4, -0.2) is 11.2 Å². The Bertz CT molecular complexity index is 286. The molecule has 0 saturated heterocycles. The van der Waals surface area contributed by atoms with Crippen LogP contribution in [0.15, 0.2) is 24.3 Å². The van der Waals surface area contributed by atoms with Crippen LogP contribution in [0.4, 0.5) is 0 Å². The normalized spacial score (nSPS) is 9.75. The van der Waals surface area contributed by atoms with Gasteiger partial charge in [0.05, 0.1) is 0 Å². The Kier molecular flexibility index (Phi) is 3.29. The number of amides is 1. The summed E-state index contributed by atoms with van der Waals surface area (Å²) in [5.74, 6) is -0.369. The van der Waals surface area contributed by atoms with E-state index in [1.807, 2.05) is 18.2 Å². The molecule has 1 rings (SSSR count). The SMILES string of the molecule is NC(=O)c1cccc(CCBr)c1. The number of carbonyl (C=O) groups excluding carboxylic acids is 1. The molecule has 2 nitrogen and oxygen atoms in total. The van der Waals surface area contributed by atoms with Gasteiger partial charge in [0.2, 0.25) is 5.91 Å². The van der Waals surface area contributed by atoms with E-state index in [2.05, 4.69) is 15.9 Å². The first kappa shape index (κ1) is 9.26. The highest BCUT2D eigenvalue weighted by Crippen LogP contribution is 2.06. The van der Waals surface area contributed by atoms with Crippen LogP contribution in [0.5, 0.6) is 0 Å². The van der Waals surface area contributed by atoms with Crippen LogP contribution in [0.2, 0.25) is 0 Å². The monoisotopic (exact) mass is 227 g/mol. The largest absolute Gasteiger partial charge is 0.366 e. The van der Waals surface area contributed by atoms with Crippen molar-refractivity contribution in [3.8, 4) is 0 Å². The van der Waals surface area contributed by atoms with E-state index in [4.69, 9.17) is 5.73 Å². The van der Waals surface area contributed by atoms with Crippen molar-refractivity contribution in [2.24, 2.45) is 5.73 Å². The van der Waals surface area contributed by atoms with Gasteiger partial charge in [0, 0.05) is 10.9 Å². The van der Waals surface area contributed by atoms with Crippen molar-refractivity contribution in [2.45, 2.75) is 6.42 Å². The minimum Gasteiger partial charge on any atom is -0.366 e. The Morgan fingerprint density at radius 2 is 2.25 bits per heavy atom. The molecule has 3 heteroatoms. The van der Waals surface area contributed by atoms with Crippen LogP contribution < -0.4 is 5.73 Å². The molecule has 0 atom stereocenters. The van der Waals surface area contributed by atoms with Gasteiger partial charge < -0.3 is 5.73 Å². The summed E-state index contributed by atoms with van der Waals surface area (Å²) in [5, 5.41) is 0.898. The van der Waals surface area contributed by atoms with E-state index in [0.29, 0.717) is 5.56 Å². The number of aryl methyl sites for hydroxylation is 1. The summed E-state index contributed by atoms with van der Waals surface area (Å²) in [6, 6.07) is 7.37. The first-order valence-corrected chi connectivity index (χ1v) is 4.81. The smallest absolute Gasteiger partial charge is 0.248 e. The lowest BCUT2D eigenvalue weighted by molar-refractivity contribution is 0.1000. The molecule has 0 spiro atoms. The third-order valence-corrected chi connectivity index (χ3v) is 1.99. The van der Waals surface area contributed by atoms with Gasteiger partial charge in [-0.25, -0.2) is 0 Å². The summed E-state index contributed by atoms with van der Waals surface area (Å²) in [7, 11) is 0. The fourth-order valence-corrected chi connectivity index (χ4v) is 1.45. The zero-order valence-electron chi connectivity index (χ0n) is 6.59. The molecule has 2 N–H and O–H groups in total. The molecule has 1 aromatic carbocycles. The highest BCUT2D eigenvalue weighted by atomic mass is 79.9. The van der Waals surface area contributed by atoms with E-state index >= 15 is 0 Å². The fourth-order valence-electron chi connectivity index (χ4n) is 0.989. The summed E-state index contributed by atoms with van der Waals surface area (Å²) in [6.45, 7) is 0. The van der Waals surface area contributed by atoms with Crippen LogP contribution in [0.1, 0.15) is 15.9 Å². The highest BCUT2D eigenvalue weighted by Gasteiger charge is 1.99. The molecular weight excluding hydrogens is 218 g/mol. The molecule has 0 saturated carbocycles. The van der Waals surface area contributed by atoms with Gasteiger partial charge in [0.1, 0.15) is 0 Å². The standard InChI is InChI=1S/C9H10BrNO/c10-5-4-7-2-1-3-8(6-7)9(11)12/h1-3,6H,4-5H2,(H2,11,12). The maximum atomic E-state index is 10.8. The van der Waals surface area contributed by atoms with Crippen LogP contribution in [0.3, 0.4) is 0 Å². The fraction of sp³-hybridized carbons (Fsp3) is 0.222. The molecule has 1 aromatic rings. The Morgan fingerprint density at radius 1 is 1.50 bits per heavy atom. The average molecular weight is 228 g/mol. The van der Waals surface area contributed by atoms with E-state index in [1.54, 1.807) is 6.07 Å².